The van der Waals surface area contributed by atoms with E-state index in [1.807, 2.05) is 0 Å². The lowest BCUT2D eigenvalue weighted by atomic mass is 10.1. The van der Waals surface area contributed by atoms with E-state index in [-0.39, 0.29) is 47.6 Å². The van der Waals surface area contributed by atoms with Crippen molar-refractivity contribution < 1.29 is 18.7 Å². The van der Waals surface area contributed by atoms with Gasteiger partial charge < -0.3 is 15.0 Å². The Morgan fingerprint density at radius 3 is 2.67 bits per heavy atom. The summed E-state index contributed by atoms with van der Waals surface area (Å²) in [7, 11) is 1.54. The number of hydrogen-bond acceptors (Lipinski definition) is 7. The lowest BCUT2D eigenvalue weighted by Gasteiger charge is -2.17. The van der Waals surface area contributed by atoms with Gasteiger partial charge in [-0.2, -0.15) is 19.9 Å². The van der Waals surface area contributed by atoms with Crippen molar-refractivity contribution in [1.29, 1.82) is 0 Å². The Bertz CT molecular complexity index is 1820. The molecule has 3 aromatic heterocycles. The first-order valence-corrected chi connectivity index (χ1v) is 12.4. The zero-order valence-corrected chi connectivity index (χ0v) is 21.5. The van der Waals surface area contributed by atoms with Crippen molar-refractivity contribution in [1.82, 2.24) is 29.5 Å². The number of ether oxygens (including phenoxy) is 1. The van der Waals surface area contributed by atoms with E-state index < -0.39 is 17.3 Å². The first-order chi connectivity index (χ1) is 19.3. The van der Waals surface area contributed by atoms with Gasteiger partial charge in [0.1, 0.15) is 22.8 Å². The van der Waals surface area contributed by atoms with E-state index in [9.17, 15) is 18.8 Å². The number of aromatic nitrogens is 6. The van der Waals surface area contributed by atoms with Crippen molar-refractivity contribution in [2.75, 3.05) is 23.9 Å². The second-order valence-electron chi connectivity index (χ2n) is 9.34. The fourth-order valence-corrected chi connectivity index (χ4v) is 4.67. The van der Waals surface area contributed by atoms with Crippen LogP contribution < -0.4 is 20.5 Å². The normalized spacial score (nSPS) is 15.1. The average molecular weight is 543 g/mol. The van der Waals surface area contributed by atoms with E-state index in [0.29, 0.717) is 22.8 Å². The fraction of sp³-hybridized carbons (Fsp3) is 0.185. The van der Waals surface area contributed by atoms with Gasteiger partial charge in [0.15, 0.2) is 5.65 Å². The van der Waals surface area contributed by atoms with Gasteiger partial charge in [0, 0.05) is 30.8 Å². The monoisotopic (exact) mass is 542 g/mol. The molecular formula is C27H23FN8O4. The maximum atomic E-state index is 13.4. The number of nitrogens with one attached hydrogen (secondary N) is 2. The highest BCUT2D eigenvalue weighted by Crippen LogP contribution is 2.29. The van der Waals surface area contributed by atoms with Crippen LogP contribution in [0.4, 0.5) is 15.9 Å². The van der Waals surface area contributed by atoms with Crippen molar-refractivity contribution in [3.05, 3.63) is 82.7 Å². The van der Waals surface area contributed by atoms with Crippen LogP contribution in [0.1, 0.15) is 12.1 Å². The van der Waals surface area contributed by atoms with Crippen LogP contribution in [0, 0.1) is 18.7 Å². The zero-order valence-electron chi connectivity index (χ0n) is 21.5. The maximum absolute atomic E-state index is 13.4. The standard InChI is InChI=1S/C27H23FN8O4/c1-15-10-22(30-25(38)16-11-23(37)34(14-16)19-4-3-5-20(12-19)40-2)36(33-15)27-31-24-21(26(39)32-27)13-29-35(24)18-8-6-17(28)7-9-18/h3-10,12-13,16H,11,14H2,1-2H3,(H,30,38)(H,31,32,39). The summed E-state index contributed by atoms with van der Waals surface area (Å²) in [6.07, 6.45) is 1.41. The van der Waals surface area contributed by atoms with Crippen LogP contribution in [0.3, 0.4) is 0 Å². The summed E-state index contributed by atoms with van der Waals surface area (Å²) in [5.74, 6) is -0.651. The Balaban J connectivity index is 1.29. The molecule has 40 heavy (non-hydrogen) atoms. The molecule has 2 aromatic carbocycles. The summed E-state index contributed by atoms with van der Waals surface area (Å²) in [6.45, 7) is 1.93. The molecule has 0 radical (unpaired) electrons. The van der Waals surface area contributed by atoms with Crippen molar-refractivity contribution in [3.8, 4) is 17.4 Å². The van der Waals surface area contributed by atoms with Gasteiger partial charge in [-0.25, -0.2) is 9.07 Å². The minimum absolute atomic E-state index is 0.0358. The molecule has 4 heterocycles. The van der Waals surface area contributed by atoms with Crippen LogP contribution in [0.25, 0.3) is 22.7 Å². The molecule has 0 saturated carbocycles. The van der Waals surface area contributed by atoms with Gasteiger partial charge in [0.05, 0.1) is 30.6 Å². The Morgan fingerprint density at radius 2 is 1.90 bits per heavy atom. The van der Waals surface area contributed by atoms with Crippen LogP contribution >= 0.6 is 0 Å². The van der Waals surface area contributed by atoms with Gasteiger partial charge in [-0.1, -0.05) is 6.07 Å². The van der Waals surface area contributed by atoms with Crippen LogP contribution in [-0.4, -0.2) is 55.0 Å². The lowest BCUT2D eigenvalue weighted by Crippen LogP contribution is -2.29. The quantitative estimate of drug-likeness (QED) is 0.336. The molecule has 202 valence electrons. The number of benzene rings is 2. The van der Waals surface area contributed by atoms with Crippen molar-refractivity contribution >= 4 is 34.4 Å². The minimum Gasteiger partial charge on any atom is -0.497 e. The fourth-order valence-electron chi connectivity index (χ4n) is 4.67. The third-order valence-corrected chi connectivity index (χ3v) is 6.64. The molecule has 0 spiro atoms. The van der Waals surface area contributed by atoms with Crippen LogP contribution in [0.2, 0.25) is 0 Å². The second-order valence-corrected chi connectivity index (χ2v) is 9.34. The number of halogens is 1. The summed E-state index contributed by atoms with van der Waals surface area (Å²) >= 11 is 0. The number of nitrogens with zero attached hydrogens (tertiary/aromatic N) is 6. The zero-order chi connectivity index (χ0) is 28.0. The SMILES string of the molecule is COc1cccc(N2CC(C(=O)Nc3cc(C)nn3-c3nc4c(cnn4-c4ccc(F)cc4)c(=O)[nH]3)CC2=O)c1. The summed E-state index contributed by atoms with van der Waals surface area (Å²) in [6, 6.07) is 14.3. The molecule has 1 fully saturated rings. The van der Waals surface area contributed by atoms with E-state index in [4.69, 9.17) is 4.74 Å². The number of rotatable bonds is 6. The van der Waals surface area contributed by atoms with Crippen molar-refractivity contribution in [3.63, 3.8) is 0 Å². The summed E-state index contributed by atoms with van der Waals surface area (Å²) < 4.78 is 21.4. The van der Waals surface area contributed by atoms with Crippen molar-refractivity contribution in [2.45, 2.75) is 13.3 Å². The summed E-state index contributed by atoms with van der Waals surface area (Å²) in [5.41, 5.74) is 1.48. The molecule has 13 heteroatoms. The summed E-state index contributed by atoms with van der Waals surface area (Å²) in [5, 5.41) is 11.7. The van der Waals surface area contributed by atoms with E-state index in [0.717, 1.165) is 0 Å². The Hall–Kier alpha value is -5.33. The number of methoxy groups -OCH3 is 1. The number of carbonyl (C=O) groups is 2. The number of fused-ring (bicyclic) bond motifs is 1. The van der Waals surface area contributed by atoms with E-state index in [1.54, 1.807) is 49.3 Å². The largest absolute Gasteiger partial charge is 0.497 e. The van der Waals surface area contributed by atoms with E-state index in [1.165, 1.54) is 39.8 Å². The molecule has 2 amide bonds. The van der Waals surface area contributed by atoms with Gasteiger partial charge in [-0.3, -0.25) is 19.4 Å². The number of carbonyl (C=O) groups excluding carboxylic acids is 2. The molecule has 1 saturated heterocycles. The Kier molecular flexibility index (Phi) is 6.10. The highest BCUT2D eigenvalue weighted by Gasteiger charge is 2.35. The topological polar surface area (TPSA) is 140 Å². The molecule has 1 aliphatic rings. The number of aromatic amines is 1. The van der Waals surface area contributed by atoms with Gasteiger partial charge >= 0.3 is 0 Å². The summed E-state index contributed by atoms with van der Waals surface area (Å²) in [4.78, 5) is 47.7. The van der Waals surface area contributed by atoms with Gasteiger partial charge in [0.25, 0.3) is 5.56 Å². The van der Waals surface area contributed by atoms with E-state index in [2.05, 4.69) is 25.5 Å². The smallest absolute Gasteiger partial charge is 0.263 e. The Morgan fingerprint density at radius 1 is 1.10 bits per heavy atom. The number of H-pyrrole nitrogens is 1. The number of hydrogen-bond donors (Lipinski definition) is 2. The third-order valence-electron chi connectivity index (χ3n) is 6.64. The van der Waals surface area contributed by atoms with Gasteiger partial charge in [0.2, 0.25) is 17.8 Å². The maximum Gasteiger partial charge on any atom is 0.263 e. The number of aryl methyl sites for hydroxylation is 1. The minimum atomic E-state index is -0.614. The lowest BCUT2D eigenvalue weighted by molar-refractivity contribution is -0.122. The van der Waals surface area contributed by atoms with Crippen molar-refractivity contribution in [2.24, 2.45) is 5.92 Å². The molecule has 1 atom stereocenters. The molecule has 5 aromatic rings. The molecular weight excluding hydrogens is 519 g/mol. The molecule has 6 rings (SSSR count). The predicted molar refractivity (Wildman–Crippen MR) is 143 cm³/mol. The first kappa shape index (κ1) is 25.0. The molecule has 0 bridgehead atoms. The number of anilines is 2. The highest BCUT2D eigenvalue weighted by atomic mass is 19.1. The molecule has 0 aliphatic carbocycles. The first-order valence-electron chi connectivity index (χ1n) is 12.4. The van der Waals surface area contributed by atoms with E-state index >= 15 is 0 Å². The molecule has 1 aliphatic heterocycles. The second kappa shape index (κ2) is 9.76. The van der Waals surface area contributed by atoms with Crippen LogP contribution in [0.5, 0.6) is 5.75 Å². The van der Waals surface area contributed by atoms with Crippen LogP contribution in [0.15, 0.2) is 65.6 Å². The van der Waals surface area contributed by atoms with Gasteiger partial charge in [-0.15, -0.1) is 0 Å². The van der Waals surface area contributed by atoms with Crippen LogP contribution in [-0.2, 0) is 9.59 Å². The Labute approximate surface area is 226 Å². The highest BCUT2D eigenvalue weighted by molar-refractivity contribution is 6.03. The number of amides is 2. The predicted octanol–water partition coefficient (Wildman–Crippen LogP) is 2.74. The third kappa shape index (κ3) is 4.46. The average Bonchev–Trinajstić information content (AvgIpc) is 3.66. The molecule has 1 unspecified atom stereocenters. The molecule has 12 nitrogen and oxygen atoms in total. The van der Waals surface area contributed by atoms with Gasteiger partial charge in [-0.05, 0) is 43.3 Å². The molecule has 2 N–H and O–H groups in total.